The number of benzene rings is 1. The molecule has 2 aromatic rings. The molecule has 0 bridgehead atoms. The number of rotatable bonds is 5. The summed E-state index contributed by atoms with van der Waals surface area (Å²) in [5.74, 6) is -0.347. The van der Waals surface area contributed by atoms with Crippen LogP contribution in [0.4, 0.5) is 10.2 Å². The van der Waals surface area contributed by atoms with Crippen molar-refractivity contribution in [1.82, 2.24) is 4.98 Å². The molecule has 0 saturated heterocycles. The minimum Gasteiger partial charge on any atom is -0.462 e. The van der Waals surface area contributed by atoms with Crippen LogP contribution < -0.4 is 5.32 Å². The lowest BCUT2D eigenvalue weighted by Crippen LogP contribution is -2.11. The summed E-state index contributed by atoms with van der Waals surface area (Å²) in [6, 6.07) is 7.73. The monoisotopic (exact) mass is 352 g/mol. The van der Waals surface area contributed by atoms with E-state index in [1.165, 1.54) is 12.1 Å². The van der Waals surface area contributed by atoms with Crippen molar-refractivity contribution in [3.63, 3.8) is 0 Å². The third kappa shape index (κ3) is 4.01. The summed E-state index contributed by atoms with van der Waals surface area (Å²) in [5, 5.41) is 3.03. The highest BCUT2D eigenvalue weighted by atomic mass is 79.9. The topological polar surface area (TPSA) is 51.2 Å². The minimum atomic E-state index is -0.439. The average molecular weight is 353 g/mol. The second-order valence-electron chi connectivity index (χ2n) is 4.21. The summed E-state index contributed by atoms with van der Waals surface area (Å²) >= 11 is 3.36. The van der Waals surface area contributed by atoms with Gasteiger partial charge in [0.2, 0.25) is 0 Å². The van der Waals surface area contributed by atoms with Crippen LogP contribution in [-0.2, 0) is 11.3 Å². The smallest absolute Gasteiger partial charge is 0.341 e. The number of halogens is 2. The van der Waals surface area contributed by atoms with Gasteiger partial charge in [-0.15, -0.1) is 0 Å². The van der Waals surface area contributed by atoms with Gasteiger partial charge in [0, 0.05) is 17.2 Å². The van der Waals surface area contributed by atoms with Crippen LogP contribution in [0.3, 0.4) is 0 Å². The number of hydrogen-bond donors (Lipinski definition) is 1. The summed E-state index contributed by atoms with van der Waals surface area (Å²) in [7, 11) is 0. The molecule has 0 unspecified atom stereocenters. The van der Waals surface area contributed by atoms with Gasteiger partial charge in [-0.3, -0.25) is 0 Å². The Labute approximate surface area is 130 Å². The lowest BCUT2D eigenvalue weighted by Gasteiger charge is -2.11. The van der Waals surface area contributed by atoms with Crippen molar-refractivity contribution >= 4 is 27.7 Å². The predicted octanol–water partition coefficient (Wildman–Crippen LogP) is 3.77. The van der Waals surface area contributed by atoms with Crippen molar-refractivity contribution in [2.75, 3.05) is 11.9 Å². The molecule has 110 valence electrons. The lowest BCUT2D eigenvalue weighted by atomic mass is 10.2. The van der Waals surface area contributed by atoms with E-state index in [1.54, 1.807) is 31.3 Å². The Kier molecular flexibility index (Phi) is 5.27. The quantitative estimate of drug-likeness (QED) is 0.832. The van der Waals surface area contributed by atoms with Crippen LogP contribution in [0, 0.1) is 5.82 Å². The average Bonchev–Trinajstić information content (AvgIpc) is 2.49. The predicted molar refractivity (Wildman–Crippen MR) is 81.6 cm³/mol. The van der Waals surface area contributed by atoms with E-state index >= 15 is 0 Å². The summed E-state index contributed by atoms with van der Waals surface area (Å²) in [4.78, 5) is 16.0. The molecule has 6 heteroatoms. The summed E-state index contributed by atoms with van der Waals surface area (Å²) < 4.78 is 19.0. The Morgan fingerprint density at radius 2 is 2.24 bits per heavy atom. The normalized spacial score (nSPS) is 10.2. The van der Waals surface area contributed by atoms with Gasteiger partial charge in [-0.2, -0.15) is 0 Å². The van der Waals surface area contributed by atoms with E-state index in [2.05, 4.69) is 26.2 Å². The molecule has 0 fully saturated rings. The number of aromatic nitrogens is 1. The summed E-state index contributed by atoms with van der Waals surface area (Å²) in [6.07, 6.45) is 1.58. The Morgan fingerprint density at radius 1 is 1.43 bits per heavy atom. The van der Waals surface area contributed by atoms with Crippen molar-refractivity contribution in [2.45, 2.75) is 13.5 Å². The first-order valence-corrected chi connectivity index (χ1v) is 7.21. The van der Waals surface area contributed by atoms with Crippen molar-refractivity contribution in [3.05, 3.63) is 57.9 Å². The van der Waals surface area contributed by atoms with Crippen LogP contribution in [-0.4, -0.2) is 17.6 Å². The highest BCUT2D eigenvalue weighted by molar-refractivity contribution is 9.10. The molecule has 21 heavy (non-hydrogen) atoms. The van der Waals surface area contributed by atoms with Gasteiger partial charge in [-0.25, -0.2) is 14.2 Å². The van der Waals surface area contributed by atoms with Gasteiger partial charge in [-0.1, -0.05) is 15.9 Å². The number of pyridine rings is 1. The number of carbonyl (C=O) groups excluding carboxylic acids is 1. The zero-order chi connectivity index (χ0) is 15.2. The molecule has 0 radical (unpaired) electrons. The third-order valence-electron chi connectivity index (χ3n) is 2.76. The van der Waals surface area contributed by atoms with Gasteiger partial charge in [-0.05, 0) is 42.8 Å². The maximum atomic E-state index is 13.2. The molecule has 4 nitrogen and oxygen atoms in total. The first-order valence-electron chi connectivity index (χ1n) is 6.41. The number of ether oxygens (including phenoxy) is 1. The number of nitrogens with zero attached hydrogens (tertiary/aromatic N) is 1. The van der Waals surface area contributed by atoms with Crippen molar-refractivity contribution in [2.24, 2.45) is 0 Å². The van der Waals surface area contributed by atoms with Crippen LogP contribution in [0.25, 0.3) is 0 Å². The molecule has 0 aliphatic heterocycles. The Morgan fingerprint density at radius 3 is 3.00 bits per heavy atom. The van der Waals surface area contributed by atoms with E-state index in [0.717, 1.165) is 10.0 Å². The molecule has 0 aliphatic rings. The number of nitrogens with one attached hydrogen (secondary N) is 1. The maximum absolute atomic E-state index is 13.2. The molecular weight excluding hydrogens is 339 g/mol. The molecule has 0 saturated carbocycles. The van der Waals surface area contributed by atoms with Gasteiger partial charge < -0.3 is 10.1 Å². The fraction of sp³-hybridized carbons (Fsp3) is 0.200. The fourth-order valence-electron chi connectivity index (χ4n) is 1.78. The van der Waals surface area contributed by atoms with Crippen molar-refractivity contribution < 1.29 is 13.9 Å². The highest BCUT2D eigenvalue weighted by Gasteiger charge is 2.13. The highest BCUT2D eigenvalue weighted by Crippen LogP contribution is 2.20. The second-order valence-corrected chi connectivity index (χ2v) is 5.06. The molecule has 0 atom stereocenters. The molecule has 1 aromatic carbocycles. The van der Waals surface area contributed by atoms with E-state index in [9.17, 15) is 9.18 Å². The van der Waals surface area contributed by atoms with Crippen LogP contribution in [0.5, 0.6) is 0 Å². The molecule has 0 aliphatic carbocycles. The van der Waals surface area contributed by atoms with Crippen molar-refractivity contribution in [1.29, 1.82) is 0 Å². The minimum absolute atomic E-state index is 0.294. The second kappa shape index (κ2) is 7.17. The van der Waals surface area contributed by atoms with E-state index in [4.69, 9.17) is 4.74 Å². The molecular formula is C15H14BrFN2O2. The third-order valence-corrected chi connectivity index (χ3v) is 3.53. The van der Waals surface area contributed by atoms with Crippen LogP contribution >= 0.6 is 15.9 Å². The molecule has 1 heterocycles. The largest absolute Gasteiger partial charge is 0.462 e. The number of esters is 1. The molecule has 1 aromatic heterocycles. The lowest BCUT2D eigenvalue weighted by molar-refractivity contribution is 0.0527. The first kappa shape index (κ1) is 15.4. The Bertz CT molecular complexity index is 649. The fourth-order valence-corrected chi connectivity index (χ4v) is 2.16. The van der Waals surface area contributed by atoms with E-state index in [0.29, 0.717) is 24.5 Å². The van der Waals surface area contributed by atoms with Gasteiger partial charge >= 0.3 is 5.97 Å². The van der Waals surface area contributed by atoms with Gasteiger partial charge in [0.25, 0.3) is 0 Å². The summed E-state index contributed by atoms with van der Waals surface area (Å²) in [5.41, 5.74) is 1.09. The number of carbonyl (C=O) groups is 1. The zero-order valence-corrected chi connectivity index (χ0v) is 13.0. The van der Waals surface area contributed by atoms with Gasteiger partial charge in [0.15, 0.2) is 0 Å². The number of anilines is 1. The van der Waals surface area contributed by atoms with Crippen LogP contribution in [0.15, 0.2) is 41.0 Å². The van der Waals surface area contributed by atoms with E-state index in [-0.39, 0.29) is 5.82 Å². The van der Waals surface area contributed by atoms with Crippen LogP contribution in [0.2, 0.25) is 0 Å². The first-order chi connectivity index (χ1) is 10.1. The van der Waals surface area contributed by atoms with Gasteiger partial charge in [0.05, 0.1) is 6.61 Å². The standard InChI is InChI=1S/C15H14BrFN2O2/c1-2-21-15(20)12-4-3-7-18-14(12)19-9-10-8-11(17)5-6-13(10)16/h3-8H,2,9H2,1H3,(H,18,19). The van der Waals surface area contributed by atoms with Gasteiger partial charge in [0.1, 0.15) is 17.2 Å². The Hall–Kier alpha value is -1.95. The number of hydrogen-bond acceptors (Lipinski definition) is 4. The van der Waals surface area contributed by atoms with E-state index < -0.39 is 5.97 Å². The Balaban J connectivity index is 2.16. The van der Waals surface area contributed by atoms with Crippen molar-refractivity contribution in [3.8, 4) is 0 Å². The summed E-state index contributed by atoms with van der Waals surface area (Å²) in [6.45, 7) is 2.37. The molecule has 0 amide bonds. The molecule has 1 N–H and O–H groups in total. The SMILES string of the molecule is CCOC(=O)c1cccnc1NCc1cc(F)ccc1Br. The van der Waals surface area contributed by atoms with E-state index in [1.807, 2.05) is 0 Å². The molecule has 0 spiro atoms. The maximum Gasteiger partial charge on any atom is 0.341 e. The zero-order valence-electron chi connectivity index (χ0n) is 11.4. The molecule has 2 rings (SSSR count). The van der Waals surface area contributed by atoms with Crippen LogP contribution in [0.1, 0.15) is 22.8 Å².